The topological polar surface area (TPSA) is 4.93 Å². The maximum atomic E-state index is 2.53. The molecule has 0 atom stereocenters. The molecule has 1 aliphatic rings. The van der Waals surface area contributed by atoms with E-state index in [2.05, 4.69) is 156 Å². The summed E-state index contributed by atoms with van der Waals surface area (Å²) in [5, 5.41) is 8.39. The molecule has 7 aromatic rings. The molecule has 38 heavy (non-hydrogen) atoms. The van der Waals surface area contributed by atoms with Crippen molar-refractivity contribution >= 4 is 50.6 Å². The lowest BCUT2D eigenvalue weighted by molar-refractivity contribution is 1.19. The third-order valence-corrected chi connectivity index (χ3v) is 13.1. The van der Waals surface area contributed by atoms with Crippen molar-refractivity contribution in [3.05, 3.63) is 152 Å². The summed E-state index contributed by atoms with van der Waals surface area (Å²) in [5.74, 6) is 0. The molecule has 1 aliphatic heterocycles. The molecule has 2 heteroatoms. The SMILES string of the molecule is c1ccc(-c2ccc3c(c2)c2cccc4c2n3-c2ccccc2[Si]4(c2ccccc2)c2ccccc2)cc1. The van der Waals surface area contributed by atoms with Crippen molar-refractivity contribution in [1.82, 2.24) is 4.57 Å². The average Bonchev–Trinajstić information content (AvgIpc) is 3.34. The van der Waals surface area contributed by atoms with Gasteiger partial charge in [0.15, 0.2) is 8.07 Å². The molecule has 6 aromatic carbocycles. The Morgan fingerprint density at radius 2 is 1.03 bits per heavy atom. The van der Waals surface area contributed by atoms with Gasteiger partial charge in [0.2, 0.25) is 0 Å². The molecule has 0 saturated carbocycles. The van der Waals surface area contributed by atoms with Gasteiger partial charge in [-0.15, -0.1) is 0 Å². The Morgan fingerprint density at radius 1 is 0.421 bits per heavy atom. The minimum absolute atomic E-state index is 1.25. The molecule has 0 saturated heterocycles. The first-order valence-electron chi connectivity index (χ1n) is 13.2. The smallest absolute Gasteiger partial charge is 0.184 e. The molecule has 0 N–H and O–H groups in total. The average molecular weight is 500 g/mol. The monoisotopic (exact) mass is 499 g/mol. The van der Waals surface area contributed by atoms with E-state index in [1.807, 2.05) is 0 Å². The molecule has 8 rings (SSSR count). The summed E-state index contributed by atoms with van der Waals surface area (Å²) in [6.45, 7) is 0. The van der Waals surface area contributed by atoms with E-state index in [0.717, 1.165) is 0 Å². The second-order valence-electron chi connectivity index (χ2n) is 10.1. The Hall–Kier alpha value is -4.66. The Balaban J connectivity index is 1.57. The van der Waals surface area contributed by atoms with Crippen molar-refractivity contribution in [1.29, 1.82) is 0 Å². The van der Waals surface area contributed by atoms with E-state index in [1.165, 1.54) is 59.4 Å². The van der Waals surface area contributed by atoms with E-state index in [-0.39, 0.29) is 0 Å². The lowest BCUT2D eigenvalue weighted by atomic mass is 10.0. The van der Waals surface area contributed by atoms with Crippen molar-refractivity contribution in [3.63, 3.8) is 0 Å². The van der Waals surface area contributed by atoms with E-state index < -0.39 is 8.07 Å². The normalized spacial score (nSPS) is 13.5. The van der Waals surface area contributed by atoms with Crippen molar-refractivity contribution in [2.45, 2.75) is 0 Å². The predicted octanol–water partition coefficient (Wildman–Crippen LogP) is 6.14. The van der Waals surface area contributed by atoms with Crippen LogP contribution in [-0.2, 0) is 0 Å². The molecule has 0 radical (unpaired) electrons. The van der Waals surface area contributed by atoms with Crippen molar-refractivity contribution in [2.24, 2.45) is 0 Å². The first-order chi connectivity index (χ1) is 18.9. The zero-order valence-corrected chi connectivity index (χ0v) is 21.9. The number of hydrogen-bond acceptors (Lipinski definition) is 0. The van der Waals surface area contributed by atoms with Crippen LogP contribution >= 0.6 is 0 Å². The highest BCUT2D eigenvalue weighted by molar-refractivity contribution is 7.21. The molecule has 2 heterocycles. The fourth-order valence-corrected chi connectivity index (χ4v) is 11.9. The second kappa shape index (κ2) is 8.17. The Labute approximate surface area is 223 Å². The van der Waals surface area contributed by atoms with E-state index in [0.29, 0.717) is 0 Å². The first kappa shape index (κ1) is 21.4. The molecular weight excluding hydrogens is 474 g/mol. The van der Waals surface area contributed by atoms with Crippen LogP contribution in [0.2, 0.25) is 0 Å². The summed E-state index contributed by atoms with van der Waals surface area (Å²) in [5.41, 5.74) is 6.43. The Morgan fingerprint density at radius 3 is 1.74 bits per heavy atom. The minimum atomic E-state index is -2.57. The molecule has 1 nitrogen and oxygen atoms in total. The van der Waals surface area contributed by atoms with Gasteiger partial charge in [0, 0.05) is 16.5 Å². The third kappa shape index (κ3) is 2.81. The molecule has 0 aliphatic carbocycles. The maximum Gasteiger partial charge on any atom is 0.184 e. The van der Waals surface area contributed by atoms with Crippen molar-refractivity contribution < 1.29 is 0 Å². The van der Waals surface area contributed by atoms with Crippen molar-refractivity contribution in [3.8, 4) is 16.8 Å². The first-order valence-corrected chi connectivity index (χ1v) is 15.2. The zero-order valence-electron chi connectivity index (χ0n) is 20.9. The van der Waals surface area contributed by atoms with Gasteiger partial charge in [-0.25, -0.2) is 0 Å². The molecule has 178 valence electrons. The number of nitrogens with zero attached hydrogens (tertiary/aromatic N) is 1. The standard InChI is InChI=1S/C36H25NSi/c1-4-13-26(14-5-1)27-23-24-32-31(25-27)30-19-12-22-35-36(30)37(32)33-20-10-11-21-34(33)38(35,28-15-6-2-7-16-28)29-17-8-3-9-18-29/h1-25H. The fraction of sp³-hybridized carbons (Fsp3) is 0. The Kier molecular flexibility index (Phi) is 4.61. The van der Waals surface area contributed by atoms with E-state index in [4.69, 9.17) is 0 Å². The van der Waals surface area contributed by atoms with Gasteiger partial charge in [-0.05, 0) is 50.1 Å². The van der Waals surface area contributed by atoms with E-state index in [1.54, 1.807) is 0 Å². The summed E-state index contributed by atoms with van der Waals surface area (Å²) in [6, 6.07) is 56.2. The quantitative estimate of drug-likeness (QED) is 0.257. The lowest BCUT2D eigenvalue weighted by Crippen LogP contribution is -2.76. The minimum Gasteiger partial charge on any atom is -0.309 e. The van der Waals surface area contributed by atoms with Gasteiger partial charge in [-0.2, -0.15) is 0 Å². The lowest BCUT2D eigenvalue weighted by Gasteiger charge is -2.39. The number of benzene rings is 6. The van der Waals surface area contributed by atoms with Crippen LogP contribution in [0, 0.1) is 0 Å². The number of fused-ring (bicyclic) bond motifs is 5. The highest BCUT2D eigenvalue weighted by Gasteiger charge is 2.47. The van der Waals surface area contributed by atoms with Gasteiger partial charge < -0.3 is 4.57 Å². The summed E-state index contributed by atoms with van der Waals surface area (Å²) < 4.78 is 2.53. The van der Waals surface area contributed by atoms with Crippen LogP contribution in [0.15, 0.2) is 152 Å². The van der Waals surface area contributed by atoms with Crippen LogP contribution in [0.4, 0.5) is 0 Å². The number of rotatable bonds is 3. The molecule has 0 amide bonds. The van der Waals surface area contributed by atoms with Crippen LogP contribution in [0.5, 0.6) is 0 Å². The summed E-state index contributed by atoms with van der Waals surface area (Å²) in [6.07, 6.45) is 0. The second-order valence-corrected chi connectivity index (χ2v) is 13.9. The van der Waals surface area contributed by atoms with Gasteiger partial charge in [-0.3, -0.25) is 0 Å². The summed E-state index contributed by atoms with van der Waals surface area (Å²) in [4.78, 5) is 0. The van der Waals surface area contributed by atoms with E-state index >= 15 is 0 Å². The third-order valence-electron chi connectivity index (χ3n) is 8.26. The maximum absolute atomic E-state index is 2.57. The predicted molar refractivity (Wildman–Crippen MR) is 163 cm³/mol. The highest BCUT2D eigenvalue weighted by atomic mass is 28.3. The molecule has 1 aromatic heterocycles. The largest absolute Gasteiger partial charge is 0.309 e. The zero-order chi connectivity index (χ0) is 25.1. The van der Waals surface area contributed by atoms with Crippen molar-refractivity contribution in [2.75, 3.05) is 0 Å². The number of para-hydroxylation sites is 2. The van der Waals surface area contributed by atoms with Crippen LogP contribution in [0.1, 0.15) is 0 Å². The van der Waals surface area contributed by atoms with Crippen LogP contribution in [0.3, 0.4) is 0 Å². The van der Waals surface area contributed by atoms with Crippen LogP contribution in [-0.4, -0.2) is 12.6 Å². The van der Waals surface area contributed by atoms with Gasteiger partial charge >= 0.3 is 0 Å². The number of aromatic nitrogens is 1. The van der Waals surface area contributed by atoms with Gasteiger partial charge in [0.05, 0.1) is 11.0 Å². The molecule has 0 spiro atoms. The summed E-state index contributed by atoms with van der Waals surface area (Å²) in [7, 11) is -2.57. The molecular formula is C36H25NSi. The van der Waals surface area contributed by atoms with Crippen LogP contribution < -0.4 is 20.7 Å². The van der Waals surface area contributed by atoms with Gasteiger partial charge in [-0.1, -0.05) is 133 Å². The van der Waals surface area contributed by atoms with E-state index in [9.17, 15) is 0 Å². The fourth-order valence-electron chi connectivity index (χ4n) is 6.73. The molecule has 0 unspecified atom stereocenters. The summed E-state index contributed by atoms with van der Waals surface area (Å²) >= 11 is 0. The molecule has 0 bridgehead atoms. The van der Waals surface area contributed by atoms with Gasteiger partial charge in [0.1, 0.15) is 0 Å². The number of hydrogen-bond donors (Lipinski definition) is 0. The highest BCUT2D eigenvalue weighted by Crippen LogP contribution is 2.37. The molecule has 0 fully saturated rings. The van der Waals surface area contributed by atoms with Gasteiger partial charge in [0.25, 0.3) is 0 Å². The van der Waals surface area contributed by atoms with Crippen LogP contribution in [0.25, 0.3) is 38.6 Å². The Bertz CT molecular complexity index is 1910.